The van der Waals surface area contributed by atoms with Crippen LogP contribution < -0.4 is 9.47 Å². The van der Waals surface area contributed by atoms with Crippen molar-refractivity contribution >= 4 is 28.9 Å². The highest BCUT2D eigenvalue weighted by molar-refractivity contribution is 6.30. The van der Waals surface area contributed by atoms with Crippen LogP contribution in [0.2, 0.25) is 5.02 Å². The van der Waals surface area contributed by atoms with Gasteiger partial charge in [0, 0.05) is 11.1 Å². The lowest BCUT2D eigenvalue weighted by molar-refractivity contribution is -0.388. The Bertz CT molecular complexity index is 886. The Morgan fingerprint density at radius 1 is 1.12 bits per heavy atom. The van der Waals surface area contributed by atoms with E-state index in [1.165, 1.54) is 37.3 Å². The van der Waals surface area contributed by atoms with E-state index in [-0.39, 0.29) is 22.3 Å². The van der Waals surface area contributed by atoms with E-state index in [1.807, 2.05) is 0 Å². The molecule has 136 valence electrons. The summed E-state index contributed by atoms with van der Waals surface area (Å²) >= 11 is 5.71. The summed E-state index contributed by atoms with van der Waals surface area (Å²) in [5.74, 6) is -2.29. The van der Waals surface area contributed by atoms with E-state index in [2.05, 4.69) is 0 Å². The first kappa shape index (κ1) is 18.9. The van der Waals surface area contributed by atoms with Crippen molar-refractivity contribution in [3.8, 4) is 17.2 Å². The lowest BCUT2D eigenvalue weighted by Crippen LogP contribution is -2.23. The molecule has 0 aliphatic rings. The van der Waals surface area contributed by atoms with Gasteiger partial charge in [0.2, 0.25) is 17.2 Å². The zero-order valence-electron chi connectivity index (χ0n) is 13.1. The number of para-hydroxylation sites is 1. The van der Waals surface area contributed by atoms with Crippen LogP contribution >= 0.6 is 11.6 Å². The van der Waals surface area contributed by atoms with Gasteiger partial charge < -0.3 is 14.6 Å². The molecule has 2 aromatic carbocycles. The van der Waals surface area contributed by atoms with Crippen LogP contribution in [-0.2, 0) is 4.79 Å². The van der Waals surface area contributed by atoms with Crippen LogP contribution in [0.3, 0.4) is 0 Å². The molecule has 1 N–H and O–H groups in total. The molecule has 0 saturated carbocycles. The van der Waals surface area contributed by atoms with Crippen LogP contribution in [0.25, 0.3) is 0 Å². The van der Waals surface area contributed by atoms with E-state index < -0.39 is 33.3 Å². The smallest absolute Gasteiger partial charge is 0.352 e. The van der Waals surface area contributed by atoms with Crippen LogP contribution in [0.1, 0.15) is 6.92 Å². The molecule has 11 heteroatoms. The quantitative estimate of drug-likeness (QED) is 0.562. The number of nitrogens with zero attached hydrogens (tertiary/aromatic N) is 2. The molecule has 1 unspecified atom stereocenters. The standard InChI is InChI=1S/C15H11ClN2O8/c1-8(15(19)20)25-12-3-2-4-13(14(12)18(23)24)26-11-6-5-9(16)7-10(11)17(21)22/h2-8H,1H3,(H,19,20). The number of nitro benzene ring substituents is 2. The minimum atomic E-state index is -1.35. The largest absolute Gasteiger partial charge is 0.479 e. The number of nitro groups is 2. The summed E-state index contributed by atoms with van der Waals surface area (Å²) < 4.78 is 10.4. The SMILES string of the molecule is CC(Oc1cccc(Oc2ccc(Cl)cc2[N+](=O)[O-])c1[N+](=O)[O-])C(=O)O. The lowest BCUT2D eigenvalue weighted by Gasteiger charge is -2.13. The number of aliphatic carboxylic acids is 1. The molecular weight excluding hydrogens is 372 g/mol. The first-order valence-electron chi connectivity index (χ1n) is 6.99. The molecule has 0 amide bonds. The molecule has 1 atom stereocenters. The van der Waals surface area contributed by atoms with Crippen LogP contribution in [0.4, 0.5) is 11.4 Å². The molecule has 0 aliphatic heterocycles. The van der Waals surface area contributed by atoms with Gasteiger partial charge in [0.25, 0.3) is 0 Å². The Balaban J connectivity index is 2.49. The molecule has 0 spiro atoms. The molecule has 0 saturated heterocycles. The van der Waals surface area contributed by atoms with Gasteiger partial charge in [-0.2, -0.15) is 0 Å². The van der Waals surface area contributed by atoms with Crippen molar-refractivity contribution in [2.24, 2.45) is 0 Å². The van der Waals surface area contributed by atoms with Crippen LogP contribution in [0.15, 0.2) is 36.4 Å². The minimum Gasteiger partial charge on any atom is -0.479 e. The Morgan fingerprint density at radius 2 is 1.77 bits per heavy atom. The minimum absolute atomic E-state index is 0.0888. The molecule has 0 radical (unpaired) electrons. The molecular formula is C15H11ClN2O8. The van der Waals surface area contributed by atoms with Gasteiger partial charge >= 0.3 is 17.3 Å². The number of carbonyl (C=O) groups is 1. The highest BCUT2D eigenvalue weighted by Gasteiger charge is 2.27. The van der Waals surface area contributed by atoms with Gasteiger partial charge in [0.05, 0.1) is 9.85 Å². The van der Waals surface area contributed by atoms with Gasteiger partial charge in [-0.1, -0.05) is 17.7 Å². The van der Waals surface area contributed by atoms with Crippen molar-refractivity contribution in [3.05, 3.63) is 61.6 Å². The summed E-state index contributed by atoms with van der Waals surface area (Å²) in [6.45, 7) is 1.20. The fourth-order valence-electron chi connectivity index (χ4n) is 1.94. The summed E-state index contributed by atoms with van der Waals surface area (Å²) in [6, 6.07) is 7.28. The van der Waals surface area contributed by atoms with Crippen molar-refractivity contribution in [2.75, 3.05) is 0 Å². The number of carboxylic acids is 1. The third-order valence-electron chi connectivity index (χ3n) is 3.13. The van der Waals surface area contributed by atoms with E-state index in [4.69, 9.17) is 26.2 Å². The second-order valence-corrected chi connectivity index (χ2v) is 5.37. The van der Waals surface area contributed by atoms with Crippen LogP contribution in [0.5, 0.6) is 17.2 Å². The molecule has 0 fully saturated rings. The zero-order valence-corrected chi connectivity index (χ0v) is 13.9. The first-order chi connectivity index (χ1) is 12.2. The van der Waals surface area contributed by atoms with Gasteiger partial charge in [0.15, 0.2) is 6.10 Å². The Hall–Kier alpha value is -3.40. The van der Waals surface area contributed by atoms with Crippen LogP contribution in [0, 0.1) is 20.2 Å². The maximum absolute atomic E-state index is 11.4. The van der Waals surface area contributed by atoms with E-state index in [1.54, 1.807) is 0 Å². The summed E-state index contributed by atoms with van der Waals surface area (Å²) in [5, 5.41) is 31.5. The molecule has 10 nitrogen and oxygen atoms in total. The number of hydrogen-bond acceptors (Lipinski definition) is 7. The predicted molar refractivity (Wildman–Crippen MR) is 89.0 cm³/mol. The molecule has 0 heterocycles. The average Bonchev–Trinajstić information content (AvgIpc) is 2.56. The molecule has 26 heavy (non-hydrogen) atoms. The van der Waals surface area contributed by atoms with Gasteiger partial charge in [-0.3, -0.25) is 20.2 Å². The monoisotopic (exact) mass is 382 g/mol. The maximum atomic E-state index is 11.4. The van der Waals surface area contributed by atoms with Crippen molar-refractivity contribution in [1.29, 1.82) is 0 Å². The molecule has 0 bridgehead atoms. The Kier molecular flexibility index (Phi) is 5.58. The predicted octanol–water partition coefficient (Wildman–Crippen LogP) is 3.80. The highest BCUT2D eigenvalue weighted by atomic mass is 35.5. The molecule has 0 aliphatic carbocycles. The second-order valence-electron chi connectivity index (χ2n) is 4.93. The highest BCUT2D eigenvalue weighted by Crippen LogP contribution is 2.42. The van der Waals surface area contributed by atoms with Crippen molar-refractivity contribution in [1.82, 2.24) is 0 Å². The summed E-state index contributed by atoms with van der Waals surface area (Å²) in [6.07, 6.45) is -1.35. The van der Waals surface area contributed by atoms with Gasteiger partial charge in [0.1, 0.15) is 0 Å². The Labute approximate surface area is 150 Å². The maximum Gasteiger partial charge on any atom is 0.352 e. The number of carboxylic acid groups (broad SMARTS) is 1. The molecule has 2 aromatic rings. The molecule has 2 rings (SSSR count). The fraction of sp³-hybridized carbons (Fsp3) is 0.133. The summed E-state index contributed by atoms with van der Waals surface area (Å²) in [5.41, 5.74) is -1.15. The van der Waals surface area contributed by atoms with Crippen molar-refractivity contribution in [2.45, 2.75) is 13.0 Å². The third kappa shape index (κ3) is 4.16. The fourth-order valence-corrected chi connectivity index (χ4v) is 2.10. The lowest BCUT2D eigenvalue weighted by atomic mass is 10.2. The number of rotatable bonds is 7. The van der Waals surface area contributed by atoms with Crippen LogP contribution in [-0.4, -0.2) is 27.0 Å². The van der Waals surface area contributed by atoms with Crippen molar-refractivity contribution < 1.29 is 29.2 Å². The van der Waals surface area contributed by atoms with Gasteiger partial charge in [-0.15, -0.1) is 0 Å². The first-order valence-corrected chi connectivity index (χ1v) is 7.37. The normalized spacial score (nSPS) is 11.5. The second kappa shape index (κ2) is 7.66. The van der Waals surface area contributed by atoms with Crippen molar-refractivity contribution in [3.63, 3.8) is 0 Å². The molecule has 0 aromatic heterocycles. The zero-order chi connectivity index (χ0) is 19.4. The number of ether oxygens (including phenoxy) is 2. The van der Waals surface area contributed by atoms with E-state index in [0.717, 1.165) is 6.07 Å². The Morgan fingerprint density at radius 3 is 2.35 bits per heavy atom. The number of halogens is 1. The van der Waals surface area contributed by atoms with Gasteiger partial charge in [-0.05, 0) is 31.2 Å². The summed E-state index contributed by atoms with van der Waals surface area (Å²) in [7, 11) is 0. The topological polar surface area (TPSA) is 142 Å². The van der Waals surface area contributed by atoms with E-state index in [9.17, 15) is 25.0 Å². The third-order valence-corrected chi connectivity index (χ3v) is 3.37. The summed E-state index contributed by atoms with van der Waals surface area (Å²) in [4.78, 5) is 31.8. The number of hydrogen-bond donors (Lipinski definition) is 1. The van der Waals surface area contributed by atoms with E-state index in [0.29, 0.717) is 0 Å². The van der Waals surface area contributed by atoms with E-state index >= 15 is 0 Å². The number of benzene rings is 2. The average molecular weight is 383 g/mol. The van der Waals surface area contributed by atoms with Gasteiger partial charge in [-0.25, -0.2) is 4.79 Å².